The van der Waals surface area contributed by atoms with Crippen molar-refractivity contribution in [2.75, 3.05) is 0 Å². The van der Waals surface area contributed by atoms with Crippen LogP contribution in [0.4, 0.5) is 4.39 Å². The fourth-order valence-electron chi connectivity index (χ4n) is 2.68. The minimum Gasteiger partial charge on any atom is -0.347 e. The van der Waals surface area contributed by atoms with Crippen LogP contribution in [-0.2, 0) is 13.1 Å². The van der Waals surface area contributed by atoms with E-state index in [1.165, 1.54) is 12.1 Å². The average molecular weight is 382 g/mol. The van der Waals surface area contributed by atoms with E-state index >= 15 is 0 Å². The summed E-state index contributed by atoms with van der Waals surface area (Å²) in [5.41, 5.74) is 3.40. The van der Waals surface area contributed by atoms with Gasteiger partial charge >= 0.3 is 4.87 Å². The minimum atomic E-state index is -0.322. The molecule has 0 radical (unpaired) electrons. The van der Waals surface area contributed by atoms with Gasteiger partial charge in [0.15, 0.2) is 0 Å². The quantitative estimate of drug-likeness (QED) is 0.701. The molecule has 1 amide bonds. The molecule has 0 fully saturated rings. The fraction of sp³-hybridized carbons (Fsp3) is 0.143. The summed E-state index contributed by atoms with van der Waals surface area (Å²) in [4.78, 5) is 25.0. The first kappa shape index (κ1) is 18.8. The van der Waals surface area contributed by atoms with Crippen molar-refractivity contribution in [2.45, 2.75) is 20.0 Å². The molecule has 0 bridgehead atoms. The Bertz CT molecular complexity index is 1020. The smallest absolute Gasteiger partial charge is 0.308 e. The number of nitrogens with one attached hydrogen (secondary N) is 1. The maximum absolute atomic E-state index is 12.9. The Morgan fingerprint density at radius 2 is 1.78 bits per heavy atom. The summed E-state index contributed by atoms with van der Waals surface area (Å²) in [6.07, 6.45) is 1.76. The largest absolute Gasteiger partial charge is 0.347 e. The normalized spacial score (nSPS) is 10.6. The van der Waals surface area contributed by atoms with E-state index in [1.807, 2.05) is 24.3 Å². The Morgan fingerprint density at radius 3 is 2.41 bits per heavy atom. The molecule has 0 unspecified atom stereocenters. The van der Waals surface area contributed by atoms with E-state index in [0.717, 1.165) is 28.0 Å². The molecule has 0 spiro atoms. The molecule has 0 saturated heterocycles. The van der Waals surface area contributed by atoms with E-state index in [4.69, 9.17) is 0 Å². The van der Waals surface area contributed by atoms with Crippen molar-refractivity contribution >= 4 is 23.3 Å². The third-order valence-electron chi connectivity index (χ3n) is 4.27. The zero-order valence-electron chi connectivity index (χ0n) is 14.9. The van der Waals surface area contributed by atoms with Gasteiger partial charge in [-0.3, -0.25) is 14.2 Å². The monoisotopic (exact) mass is 382 g/mol. The van der Waals surface area contributed by atoms with Gasteiger partial charge in [0.1, 0.15) is 10.7 Å². The third kappa shape index (κ3) is 4.41. The average Bonchev–Trinajstić information content (AvgIpc) is 2.96. The molecular formula is C21H19FN2O2S. The number of aromatic nitrogens is 1. The van der Waals surface area contributed by atoms with Crippen molar-refractivity contribution in [1.29, 1.82) is 0 Å². The van der Waals surface area contributed by atoms with E-state index in [1.54, 1.807) is 29.7 Å². The van der Waals surface area contributed by atoms with Crippen LogP contribution in [0.15, 0.2) is 59.9 Å². The Labute approximate surface area is 160 Å². The summed E-state index contributed by atoms with van der Waals surface area (Å²) in [5.74, 6) is -0.628. The van der Waals surface area contributed by atoms with Crippen LogP contribution in [-0.4, -0.2) is 10.5 Å². The molecule has 0 atom stereocenters. The maximum atomic E-state index is 12.9. The van der Waals surface area contributed by atoms with Crippen molar-refractivity contribution in [3.05, 3.63) is 97.9 Å². The van der Waals surface area contributed by atoms with Crippen molar-refractivity contribution in [1.82, 2.24) is 9.88 Å². The highest BCUT2D eigenvalue weighted by molar-refractivity contribution is 7.11. The van der Waals surface area contributed by atoms with E-state index in [2.05, 4.69) is 11.9 Å². The number of carbonyl (C=O) groups is 1. The molecule has 1 heterocycles. The van der Waals surface area contributed by atoms with Gasteiger partial charge in [-0.15, -0.1) is 0 Å². The lowest BCUT2D eigenvalue weighted by Crippen LogP contribution is -2.23. The first-order valence-corrected chi connectivity index (χ1v) is 9.24. The molecule has 0 aliphatic heterocycles. The van der Waals surface area contributed by atoms with Gasteiger partial charge in [0.2, 0.25) is 0 Å². The molecule has 0 aliphatic carbocycles. The van der Waals surface area contributed by atoms with Gasteiger partial charge in [0, 0.05) is 12.2 Å². The highest BCUT2D eigenvalue weighted by Crippen LogP contribution is 2.15. The molecule has 0 aliphatic rings. The first-order valence-electron chi connectivity index (χ1n) is 8.42. The Hall–Kier alpha value is -2.99. The van der Waals surface area contributed by atoms with Gasteiger partial charge in [0.25, 0.3) is 5.91 Å². The fourth-order valence-corrected chi connectivity index (χ4v) is 3.59. The number of nitrogens with zero attached hydrogens (tertiary/aromatic N) is 1. The van der Waals surface area contributed by atoms with Crippen LogP contribution in [0, 0.1) is 12.7 Å². The van der Waals surface area contributed by atoms with Gasteiger partial charge in [-0.25, -0.2) is 4.39 Å². The van der Waals surface area contributed by atoms with E-state index in [9.17, 15) is 14.0 Å². The first-order chi connectivity index (χ1) is 13.0. The Morgan fingerprint density at radius 1 is 1.15 bits per heavy atom. The van der Waals surface area contributed by atoms with E-state index in [-0.39, 0.29) is 23.1 Å². The lowest BCUT2D eigenvalue weighted by atomic mass is 10.1. The Kier molecular flexibility index (Phi) is 5.66. The summed E-state index contributed by atoms with van der Waals surface area (Å²) in [5, 5.41) is 2.78. The number of carbonyl (C=O) groups excluding carboxylic acids is 1. The number of halogens is 1. The molecule has 3 aromatic rings. The number of thiazole rings is 1. The molecule has 1 aromatic heterocycles. The van der Waals surface area contributed by atoms with Gasteiger partial charge < -0.3 is 5.32 Å². The molecule has 0 saturated carbocycles. The van der Waals surface area contributed by atoms with Crippen molar-refractivity contribution in [3.8, 4) is 0 Å². The van der Waals surface area contributed by atoms with E-state index < -0.39 is 0 Å². The predicted octanol–water partition coefficient (Wildman–Crippen LogP) is 3.98. The second-order valence-corrected chi connectivity index (χ2v) is 7.09. The van der Waals surface area contributed by atoms with Gasteiger partial charge in [0.05, 0.1) is 6.54 Å². The van der Waals surface area contributed by atoms with Gasteiger partial charge in [-0.05, 0) is 35.7 Å². The number of benzene rings is 2. The number of hydrogen-bond donors (Lipinski definition) is 1. The summed E-state index contributed by atoms with van der Waals surface area (Å²) < 4.78 is 14.5. The second kappa shape index (κ2) is 8.14. The van der Waals surface area contributed by atoms with Crippen molar-refractivity contribution < 1.29 is 9.18 Å². The summed E-state index contributed by atoms with van der Waals surface area (Å²) in [7, 11) is 0. The van der Waals surface area contributed by atoms with Gasteiger partial charge in [-0.2, -0.15) is 0 Å². The Balaban J connectivity index is 1.73. The summed E-state index contributed by atoms with van der Waals surface area (Å²) in [6, 6.07) is 13.7. The topological polar surface area (TPSA) is 51.1 Å². The molecule has 27 heavy (non-hydrogen) atoms. The summed E-state index contributed by atoms with van der Waals surface area (Å²) in [6.45, 7) is 6.17. The molecule has 1 N–H and O–H groups in total. The lowest BCUT2D eigenvalue weighted by molar-refractivity contribution is 0.0954. The molecule has 6 heteroatoms. The molecule has 2 aromatic carbocycles. The highest BCUT2D eigenvalue weighted by Gasteiger charge is 2.17. The molecule has 4 nitrogen and oxygen atoms in total. The van der Waals surface area contributed by atoms with Crippen LogP contribution in [0.2, 0.25) is 0 Å². The zero-order valence-corrected chi connectivity index (χ0v) is 15.7. The van der Waals surface area contributed by atoms with Gasteiger partial charge in [-0.1, -0.05) is 60.4 Å². The number of rotatable bonds is 6. The van der Waals surface area contributed by atoms with Crippen LogP contribution in [0.25, 0.3) is 6.08 Å². The van der Waals surface area contributed by atoms with Crippen molar-refractivity contribution in [3.63, 3.8) is 0 Å². The number of hydrogen-bond acceptors (Lipinski definition) is 3. The van der Waals surface area contributed by atoms with Crippen LogP contribution in [0.3, 0.4) is 0 Å². The van der Waals surface area contributed by atoms with Crippen molar-refractivity contribution in [2.24, 2.45) is 0 Å². The number of amides is 1. The lowest BCUT2D eigenvalue weighted by Gasteiger charge is -2.07. The van der Waals surface area contributed by atoms with E-state index in [0.29, 0.717) is 17.1 Å². The molecular weight excluding hydrogens is 363 g/mol. The third-order valence-corrected chi connectivity index (χ3v) is 5.35. The molecule has 3 rings (SSSR count). The van der Waals surface area contributed by atoms with Crippen LogP contribution in [0.1, 0.15) is 32.1 Å². The van der Waals surface area contributed by atoms with Crippen LogP contribution in [0.5, 0.6) is 0 Å². The van der Waals surface area contributed by atoms with Crippen LogP contribution >= 0.6 is 11.3 Å². The zero-order chi connectivity index (χ0) is 19.4. The second-order valence-electron chi connectivity index (χ2n) is 6.12. The highest BCUT2D eigenvalue weighted by atomic mass is 32.1. The standard InChI is InChI=1S/C21H19FN2O2S/c1-3-15-4-6-17(7-5-15)13-24-14(2)19(27-21(24)26)20(25)23-12-16-8-10-18(22)11-9-16/h3-11H,1,12-13H2,2H3,(H,23,25). The minimum absolute atomic E-state index is 0.174. The maximum Gasteiger partial charge on any atom is 0.308 e. The van der Waals surface area contributed by atoms with Crippen LogP contribution < -0.4 is 10.2 Å². The SMILES string of the molecule is C=Cc1ccc(Cn2c(C)c(C(=O)NCc3ccc(F)cc3)sc2=O)cc1. The summed E-state index contributed by atoms with van der Waals surface area (Å²) >= 11 is 0.933. The predicted molar refractivity (Wildman–Crippen MR) is 107 cm³/mol. The molecule has 138 valence electrons.